The van der Waals surface area contributed by atoms with E-state index in [9.17, 15) is 18.0 Å². The summed E-state index contributed by atoms with van der Waals surface area (Å²) >= 11 is 0. The number of carbonyl (C=O) groups is 1. The topological polar surface area (TPSA) is 35.5 Å². The van der Waals surface area contributed by atoms with Gasteiger partial charge in [0.05, 0.1) is 12.2 Å². The van der Waals surface area contributed by atoms with Gasteiger partial charge in [-0.1, -0.05) is 67.8 Å². The van der Waals surface area contributed by atoms with Gasteiger partial charge >= 0.3 is 5.97 Å². The van der Waals surface area contributed by atoms with Crippen molar-refractivity contribution in [3.63, 3.8) is 0 Å². The molecular weight excluding hydrogens is 477 g/mol. The molecular formula is C31H27F3O3. The Morgan fingerprint density at radius 3 is 2.03 bits per heavy atom. The van der Waals surface area contributed by atoms with Gasteiger partial charge in [0.2, 0.25) is 0 Å². The molecule has 6 heteroatoms. The van der Waals surface area contributed by atoms with E-state index in [1.807, 2.05) is 6.92 Å². The molecule has 0 aromatic heterocycles. The Kier molecular flexibility index (Phi) is 8.29. The molecule has 0 amide bonds. The maximum atomic E-state index is 14.7. The van der Waals surface area contributed by atoms with Gasteiger partial charge in [-0.3, -0.25) is 0 Å². The quantitative estimate of drug-likeness (QED) is 0.130. The number of hydrogen-bond donors (Lipinski definition) is 0. The number of hydrogen-bond acceptors (Lipinski definition) is 3. The molecule has 4 aromatic carbocycles. The molecule has 0 aliphatic carbocycles. The summed E-state index contributed by atoms with van der Waals surface area (Å²) in [4.78, 5) is 12.6. The summed E-state index contributed by atoms with van der Waals surface area (Å²) < 4.78 is 54.9. The lowest BCUT2D eigenvalue weighted by atomic mass is 10.0. The molecule has 0 radical (unpaired) electrons. The van der Waals surface area contributed by atoms with Crippen LogP contribution in [0.3, 0.4) is 0 Å². The van der Waals surface area contributed by atoms with Gasteiger partial charge in [-0.25, -0.2) is 18.0 Å². The molecule has 0 heterocycles. The van der Waals surface area contributed by atoms with Crippen LogP contribution in [0.15, 0.2) is 78.9 Å². The molecule has 0 saturated carbocycles. The summed E-state index contributed by atoms with van der Waals surface area (Å²) in [7, 11) is 0. The monoisotopic (exact) mass is 504 g/mol. The van der Waals surface area contributed by atoms with E-state index in [1.54, 1.807) is 48.5 Å². The number of aryl methyl sites for hydroxylation is 1. The van der Waals surface area contributed by atoms with Crippen LogP contribution in [0, 0.1) is 24.4 Å². The lowest BCUT2D eigenvalue weighted by Gasteiger charge is -2.11. The maximum absolute atomic E-state index is 14.7. The second-order valence-corrected chi connectivity index (χ2v) is 8.77. The SMILES string of the molecule is CCCCCOc1ccc(-c2ccc(OC(=O)c3ccc(-c4ccc(C)cc4)c(F)c3F)cc2)c(F)c1. The van der Waals surface area contributed by atoms with E-state index >= 15 is 0 Å². The number of carbonyl (C=O) groups excluding carboxylic acids is 1. The molecule has 0 spiro atoms. The fourth-order valence-electron chi connectivity index (χ4n) is 3.89. The van der Waals surface area contributed by atoms with E-state index < -0.39 is 29.0 Å². The zero-order chi connectivity index (χ0) is 26.4. The van der Waals surface area contributed by atoms with E-state index in [-0.39, 0.29) is 11.3 Å². The second kappa shape index (κ2) is 11.8. The zero-order valence-corrected chi connectivity index (χ0v) is 20.7. The van der Waals surface area contributed by atoms with E-state index in [1.165, 1.54) is 30.3 Å². The number of benzene rings is 4. The van der Waals surface area contributed by atoms with Crippen LogP contribution in [-0.2, 0) is 0 Å². The second-order valence-electron chi connectivity index (χ2n) is 8.77. The predicted molar refractivity (Wildman–Crippen MR) is 138 cm³/mol. The smallest absolute Gasteiger partial charge is 0.346 e. The van der Waals surface area contributed by atoms with E-state index in [2.05, 4.69) is 6.92 Å². The van der Waals surface area contributed by atoms with Crippen molar-refractivity contribution in [2.24, 2.45) is 0 Å². The first-order chi connectivity index (χ1) is 17.9. The normalized spacial score (nSPS) is 10.8. The average molecular weight is 505 g/mol. The molecule has 0 aliphatic heterocycles. The summed E-state index contributed by atoms with van der Waals surface area (Å²) in [5, 5.41) is 0. The minimum Gasteiger partial charge on any atom is -0.493 e. The first kappa shape index (κ1) is 26.0. The molecule has 0 fully saturated rings. The highest BCUT2D eigenvalue weighted by Gasteiger charge is 2.21. The van der Waals surface area contributed by atoms with Crippen LogP contribution in [0.5, 0.6) is 11.5 Å². The van der Waals surface area contributed by atoms with Gasteiger partial charge in [-0.05, 0) is 54.8 Å². The van der Waals surface area contributed by atoms with Crippen LogP contribution in [0.25, 0.3) is 22.3 Å². The van der Waals surface area contributed by atoms with E-state index in [4.69, 9.17) is 9.47 Å². The number of esters is 1. The predicted octanol–water partition coefficient (Wildman–Crippen LogP) is 8.53. The summed E-state index contributed by atoms with van der Waals surface area (Å²) in [6.07, 6.45) is 3.04. The van der Waals surface area contributed by atoms with Crippen molar-refractivity contribution >= 4 is 5.97 Å². The maximum Gasteiger partial charge on any atom is 0.346 e. The summed E-state index contributed by atoms with van der Waals surface area (Å²) in [5.41, 5.74) is 1.95. The lowest BCUT2D eigenvalue weighted by Crippen LogP contribution is -2.12. The molecule has 37 heavy (non-hydrogen) atoms. The third kappa shape index (κ3) is 6.20. The molecule has 0 bridgehead atoms. The van der Waals surface area contributed by atoms with Gasteiger partial charge in [0.1, 0.15) is 17.3 Å². The largest absolute Gasteiger partial charge is 0.493 e. The third-order valence-corrected chi connectivity index (χ3v) is 6.00. The molecule has 0 unspecified atom stereocenters. The lowest BCUT2D eigenvalue weighted by molar-refractivity contribution is 0.0728. The Hall–Kier alpha value is -4.06. The minimum atomic E-state index is -1.28. The van der Waals surface area contributed by atoms with Crippen molar-refractivity contribution in [1.82, 2.24) is 0 Å². The number of unbranched alkanes of at least 4 members (excludes halogenated alkanes) is 2. The Morgan fingerprint density at radius 1 is 0.730 bits per heavy atom. The molecule has 0 saturated heterocycles. The number of ether oxygens (including phenoxy) is 2. The molecule has 4 aromatic rings. The standard InChI is InChI=1S/C31H27F3O3/c1-3-4-5-18-36-24-14-15-25(28(32)19-24)21-10-12-23(13-11-21)37-31(35)27-17-16-26(29(33)30(27)34)22-8-6-20(2)7-9-22/h6-17,19H,3-5,18H2,1-2H3. The fraction of sp³-hybridized carbons (Fsp3) is 0.194. The first-order valence-electron chi connectivity index (χ1n) is 12.2. The van der Waals surface area contributed by atoms with Crippen LogP contribution >= 0.6 is 0 Å². The van der Waals surface area contributed by atoms with E-state index in [0.29, 0.717) is 29.0 Å². The Morgan fingerprint density at radius 2 is 1.35 bits per heavy atom. The Labute approximate surface area is 214 Å². The van der Waals surface area contributed by atoms with Crippen LogP contribution in [0.1, 0.15) is 42.1 Å². The molecule has 0 atom stereocenters. The molecule has 0 N–H and O–H groups in total. The molecule has 0 aliphatic rings. The van der Waals surface area contributed by atoms with Crippen LogP contribution in [0.2, 0.25) is 0 Å². The number of halogens is 3. The third-order valence-electron chi connectivity index (χ3n) is 6.00. The minimum absolute atomic E-state index is 0.0535. The molecule has 3 nitrogen and oxygen atoms in total. The summed E-state index contributed by atoms with van der Waals surface area (Å²) in [6.45, 7) is 4.53. The fourth-order valence-corrected chi connectivity index (χ4v) is 3.89. The summed E-state index contributed by atoms with van der Waals surface area (Å²) in [5.74, 6) is -3.29. The summed E-state index contributed by atoms with van der Waals surface area (Å²) in [6, 6.07) is 20.3. The van der Waals surface area contributed by atoms with Crippen molar-refractivity contribution in [1.29, 1.82) is 0 Å². The van der Waals surface area contributed by atoms with Crippen molar-refractivity contribution in [3.8, 4) is 33.8 Å². The Balaban J connectivity index is 1.45. The van der Waals surface area contributed by atoms with Gasteiger partial charge in [0.25, 0.3) is 0 Å². The van der Waals surface area contributed by atoms with Gasteiger partial charge in [0.15, 0.2) is 11.6 Å². The van der Waals surface area contributed by atoms with Gasteiger partial charge in [0, 0.05) is 17.2 Å². The molecule has 4 rings (SSSR count). The van der Waals surface area contributed by atoms with Gasteiger partial charge < -0.3 is 9.47 Å². The van der Waals surface area contributed by atoms with Crippen molar-refractivity contribution in [2.75, 3.05) is 6.61 Å². The van der Waals surface area contributed by atoms with Crippen molar-refractivity contribution in [2.45, 2.75) is 33.1 Å². The van der Waals surface area contributed by atoms with Crippen molar-refractivity contribution < 1.29 is 27.4 Å². The van der Waals surface area contributed by atoms with Gasteiger partial charge in [-0.15, -0.1) is 0 Å². The molecule has 190 valence electrons. The van der Waals surface area contributed by atoms with Crippen LogP contribution < -0.4 is 9.47 Å². The highest BCUT2D eigenvalue weighted by molar-refractivity contribution is 5.92. The van der Waals surface area contributed by atoms with Gasteiger partial charge in [-0.2, -0.15) is 0 Å². The first-order valence-corrected chi connectivity index (χ1v) is 12.2. The van der Waals surface area contributed by atoms with Crippen molar-refractivity contribution in [3.05, 3.63) is 107 Å². The Bertz CT molecular complexity index is 1380. The number of rotatable bonds is 9. The van der Waals surface area contributed by atoms with Crippen LogP contribution in [-0.4, -0.2) is 12.6 Å². The zero-order valence-electron chi connectivity index (χ0n) is 20.7. The van der Waals surface area contributed by atoms with E-state index in [0.717, 1.165) is 24.8 Å². The van der Waals surface area contributed by atoms with Crippen LogP contribution in [0.4, 0.5) is 13.2 Å². The average Bonchev–Trinajstić information content (AvgIpc) is 2.89. The highest BCUT2D eigenvalue weighted by Crippen LogP contribution is 2.30. The highest BCUT2D eigenvalue weighted by atomic mass is 19.2.